The van der Waals surface area contributed by atoms with Crippen molar-refractivity contribution in [2.45, 2.75) is 37.4 Å². The van der Waals surface area contributed by atoms with Crippen LogP contribution in [0.25, 0.3) is 10.2 Å². The molecule has 0 bridgehead atoms. The SMILES string of the molecule is C=CCn1c(SCC(=O)Nc2ccc(F)c(Cl)c2)nc2sc3c(c2c1=O)CCCC3. The lowest BCUT2D eigenvalue weighted by Crippen LogP contribution is -2.24. The molecule has 0 radical (unpaired) electrons. The summed E-state index contributed by atoms with van der Waals surface area (Å²) in [6, 6.07) is 3.99. The van der Waals surface area contributed by atoms with Gasteiger partial charge in [-0.25, -0.2) is 9.37 Å². The molecular weight excluding hydrogens is 445 g/mol. The molecule has 0 spiro atoms. The highest BCUT2D eigenvalue weighted by Crippen LogP contribution is 2.34. The molecule has 30 heavy (non-hydrogen) atoms. The average Bonchev–Trinajstić information content (AvgIpc) is 3.10. The largest absolute Gasteiger partial charge is 0.325 e. The van der Waals surface area contributed by atoms with E-state index < -0.39 is 5.82 Å². The molecule has 1 aliphatic rings. The summed E-state index contributed by atoms with van der Waals surface area (Å²) in [7, 11) is 0. The number of rotatable bonds is 6. The summed E-state index contributed by atoms with van der Waals surface area (Å²) in [5.74, 6) is -0.795. The first-order valence-corrected chi connectivity index (χ1v) is 11.7. The van der Waals surface area contributed by atoms with Crippen LogP contribution in [-0.2, 0) is 24.2 Å². The summed E-state index contributed by atoms with van der Waals surface area (Å²) in [6.07, 6.45) is 5.77. The second-order valence-electron chi connectivity index (χ2n) is 6.96. The standard InChI is InChI=1S/C21H19ClFN3O2S2/c1-2-9-26-20(28)18-13-5-3-4-6-16(13)30-19(18)25-21(26)29-11-17(27)24-12-7-8-15(23)14(22)10-12/h2,7-8,10H,1,3-6,9,11H2,(H,24,27). The van der Waals surface area contributed by atoms with Crippen LogP contribution in [0.3, 0.4) is 0 Å². The van der Waals surface area contributed by atoms with Crippen molar-refractivity contribution in [3.05, 3.63) is 62.5 Å². The Balaban J connectivity index is 1.59. The van der Waals surface area contributed by atoms with E-state index in [-0.39, 0.29) is 22.2 Å². The van der Waals surface area contributed by atoms with Crippen LogP contribution >= 0.6 is 34.7 Å². The number of carbonyl (C=O) groups is 1. The van der Waals surface area contributed by atoms with E-state index in [9.17, 15) is 14.0 Å². The van der Waals surface area contributed by atoms with Crippen molar-refractivity contribution in [3.8, 4) is 0 Å². The van der Waals surface area contributed by atoms with Crippen LogP contribution in [0.1, 0.15) is 23.3 Å². The first-order valence-electron chi connectivity index (χ1n) is 9.51. The third-order valence-corrected chi connectivity index (χ3v) is 7.34. The number of nitrogens with one attached hydrogen (secondary N) is 1. The van der Waals surface area contributed by atoms with Gasteiger partial charge >= 0.3 is 0 Å². The van der Waals surface area contributed by atoms with E-state index in [4.69, 9.17) is 16.6 Å². The van der Waals surface area contributed by atoms with E-state index in [1.807, 2.05) is 0 Å². The lowest BCUT2D eigenvalue weighted by molar-refractivity contribution is -0.113. The van der Waals surface area contributed by atoms with Gasteiger partial charge in [-0.2, -0.15) is 0 Å². The van der Waals surface area contributed by atoms with Gasteiger partial charge in [-0.15, -0.1) is 17.9 Å². The number of thiophene rings is 1. The monoisotopic (exact) mass is 463 g/mol. The van der Waals surface area contributed by atoms with Crippen LogP contribution in [0.4, 0.5) is 10.1 Å². The number of hydrogen-bond donors (Lipinski definition) is 1. The summed E-state index contributed by atoms with van der Waals surface area (Å²) in [6.45, 7) is 4.07. The highest BCUT2D eigenvalue weighted by Gasteiger charge is 2.22. The van der Waals surface area contributed by atoms with Crippen LogP contribution in [0, 0.1) is 5.82 Å². The van der Waals surface area contributed by atoms with Gasteiger partial charge in [0.2, 0.25) is 5.91 Å². The molecular formula is C21H19ClFN3O2S2. The number of carbonyl (C=O) groups excluding carboxylic acids is 1. The Labute approximate surface area is 186 Å². The maximum atomic E-state index is 13.3. The third-order valence-electron chi connectivity index (χ3n) is 4.89. The molecule has 0 fully saturated rings. The summed E-state index contributed by atoms with van der Waals surface area (Å²) in [4.78, 5) is 32.2. The maximum absolute atomic E-state index is 13.3. The lowest BCUT2D eigenvalue weighted by atomic mass is 9.97. The van der Waals surface area contributed by atoms with Crippen molar-refractivity contribution in [3.63, 3.8) is 0 Å². The second kappa shape index (κ2) is 8.91. The van der Waals surface area contributed by atoms with Crippen molar-refractivity contribution >= 4 is 56.5 Å². The van der Waals surface area contributed by atoms with E-state index in [1.54, 1.807) is 22.0 Å². The molecule has 0 saturated heterocycles. The van der Waals surface area contributed by atoms with E-state index in [2.05, 4.69) is 11.9 Å². The summed E-state index contributed by atoms with van der Waals surface area (Å²) in [5.41, 5.74) is 1.47. The number of fused-ring (bicyclic) bond motifs is 3. The first-order chi connectivity index (χ1) is 14.5. The number of halogens is 2. The predicted octanol–water partition coefficient (Wildman–Crippen LogP) is 5.05. The lowest BCUT2D eigenvalue weighted by Gasteiger charge is -2.12. The van der Waals surface area contributed by atoms with Crippen molar-refractivity contribution in [2.24, 2.45) is 0 Å². The Bertz CT molecular complexity index is 1210. The van der Waals surface area contributed by atoms with Gasteiger partial charge in [0, 0.05) is 17.1 Å². The molecule has 2 aromatic heterocycles. The third kappa shape index (κ3) is 4.17. The summed E-state index contributed by atoms with van der Waals surface area (Å²) < 4.78 is 14.8. The zero-order valence-electron chi connectivity index (χ0n) is 16.0. The normalized spacial score (nSPS) is 13.3. The van der Waals surface area contributed by atoms with E-state index >= 15 is 0 Å². The van der Waals surface area contributed by atoms with Crippen molar-refractivity contribution < 1.29 is 9.18 Å². The van der Waals surface area contributed by atoms with E-state index in [0.717, 1.165) is 36.1 Å². The van der Waals surface area contributed by atoms with Crippen LogP contribution in [0.15, 0.2) is 40.8 Å². The molecule has 5 nitrogen and oxygen atoms in total. The van der Waals surface area contributed by atoms with E-state index in [0.29, 0.717) is 22.8 Å². The molecule has 1 amide bonds. The minimum Gasteiger partial charge on any atom is -0.325 e. The van der Waals surface area contributed by atoms with Crippen LogP contribution < -0.4 is 10.9 Å². The molecule has 0 atom stereocenters. The zero-order chi connectivity index (χ0) is 21.3. The van der Waals surface area contributed by atoms with Gasteiger partial charge in [0.1, 0.15) is 10.6 Å². The van der Waals surface area contributed by atoms with Crippen LogP contribution in [0.2, 0.25) is 5.02 Å². The van der Waals surface area contributed by atoms with Crippen LogP contribution in [-0.4, -0.2) is 21.2 Å². The maximum Gasteiger partial charge on any atom is 0.263 e. The molecule has 1 aliphatic carbocycles. The Kier molecular flexibility index (Phi) is 6.26. The van der Waals surface area contributed by atoms with Crippen molar-refractivity contribution in [1.29, 1.82) is 0 Å². The van der Waals surface area contributed by atoms with Crippen molar-refractivity contribution in [1.82, 2.24) is 9.55 Å². The number of aromatic nitrogens is 2. The fourth-order valence-corrected chi connectivity index (χ4v) is 5.81. The Hall–Kier alpha value is -2.16. The minimum absolute atomic E-state index is 0.0508. The van der Waals surface area contributed by atoms with Crippen molar-refractivity contribution in [2.75, 3.05) is 11.1 Å². The number of aryl methyl sites for hydroxylation is 2. The molecule has 9 heteroatoms. The number of thioether (sulfide) groups is 1. The molecule has 2 heterocycles. The van der Waals surface area contributed by atoms with Gasteiger partial charge in [0.15, 0.2) is 5.16 Å². The van der Waals surface area contributed by atoms with Gasteiger partial charge in [0.05, 0.1) is 16.2 Å². The molecule has 0 unspecified atom stereocenters. The fourth-order valence-electron chi connectivity index (χ4n) is 3.52. The second-order valence-corrected chi connectivity index (χ2v) is 9.39. The number of nitrogens with zero attached hydrogens (tertiary/aromatic N) is 2. The average molecular weight is 464 g/mol. The van der Waals surface area contributed by atoms with Gasteiger partial charge < -0.3 is 5.32 Å². The molecule has 0 aliphatic heterocycles. The molecule has 1 N–H and O–H groups in total. The highest BCUT2D eigenvalue weighted by molar-refractivity contribution is 7.99. The number of allylic oxidation sites excluding steroid dienone is 1. The minimum atomic E-state index is -0.548. The quantitative estimate of drug-likeness (QED) is 0.316. The number of amides is 1. The molecule has 3 aromatic rings. The number of anilines is 1. The molecule has 0 saturated carbocycles. The van der Waals surface area contributed by atoms with Crippen LogP contribution in [0.5, 0.6) is 0 Å². The van der Waals surface area contributed by atoms with Gasteiger partial charge in [-0.05, 0) is 49.4 Å². The Morgan fingerprint density at radius 3 is 2.97 bits per heavy atom. The summed E-state index contributed by atoms with van der Waals surface area (Å²) in [5, 5.41) is 3.82. The van der Waals surface area contributed by atoms with Gasteiger partial charge in [0.25, 0.3) is 5.56 Å². The number of hydrogen-bond acceptors (Lipinski definition) is 5. The molecule has 1 aromatic carbocycles. The number of benzene rings is 1. The first kappa shape index (κ1) is 21.1. The topological polar surface area (TPSA) is 64.0 Å². The van der Waals surface area contributed by atoms with Gasteiger partial charge in [-0.3, -0.25) is 14.2 Å². The molecule has 156 valence electrons. The summed E-state index contributed by atoms with van der Waals surface area (Å²) >= 11 is 8.52. The van der Waals surface area contributed by atoms with E-state index in [1.165, 1.54) is 34.8 Å². The zero-order valence-corrected chi connectivity index (χ0v) is 18.4. The fraction of sp³-hybridized carbons (Fsp3) is 0.286. The Morgan fingerprint density at radius 1 is 1.40 bits per heavy atom. The smallest absolute Gasteiger partial charge is 0.263 e. The van der Waals surface area contributed by atoms with Gasteiger partial charge in [-0.1, -0.05) is 29.4 Å². The predicted molar refractivity (Wildman–Crippen MR) is 121 cm³/mol. The molecule has 4 rings (SSSR count). The Morgan fingerprint density at radius 2 is 2.20 bits per heavy atom. The highest BCUT2D eigenvalue weighted by atomic mass is 35.5.